The third kappa shape index (κ3) is 4.36. The van der Waals surface area contributed by atoms with Crippen molar-refractivity contribution < 1.29 is 4.74 Å². The summed E-state index contributed by atoms with van der Waals surface area (Å²) in [6, 6.07) is 17.9. The predicted octanol–water partition coefficient (Wildman–Crippen LogP) is 5.86. The van der Waals surface area contributed by atoms with Crippen molar-refractivity contribution in [3.63, 3.8) is 0 Å². The van der Waals surface area contributed by atoms with Crippen molar-refractivity contribution in [2.45, 2.75) is 25.8 Å². The van der Waals surface area contributed by atoms with Gasteiger partial charge < -0.3 is 10.5 Å². The SMILES string of the molecule is CC(C)N1CC2=C(OC(N)=C(C#N)[C@@H]2c2ccc(Cl)cc2)/C(=C/c2ccc(Cl)cc2)C1. The largest absolute Gasteiger partial charge is 0.440 e. The molecule has 6 heteroatoms. The van der Waals surface area contributed by atoms with Crippen LogP contribution < -0.4 is 5.73 Å². The molecule has 0 bridgehead atoms. The molecule has 2 aliphatic heterocycles. The summed E-state index contributed by atoms with van der Waals surface area (Å²) in [4.78, 5) is 2.36. The first-order valence-corrected chi connectivity index (χ1v) is 10.9. The van der Waals surface area contributed by atoms with E-state index in [2.05, 4.69) is 30.9 Å². The number of hydrogen-bond donors (Lipinski definition) is 1. The van der Waals surface area contributed by atoms with Crippen LogP contribution in [-0.4, -0.2) is 24.0 Å². The lowest BCUT2D eigenvalue weighted by Gasteiger charge is -2.39. The molecule has 31 heavy (non-hydrogen) atoms. The molecule has 2 heterocycles. The maximum atomic E-state index is 9.88. The fourth-order valence-corrected chi connectivity index (χ4v) is 4.31. The molecular weight excluding hydrogens is 429 g/mol. The fraction of sp³-hybridized carbons (Fsp3) is 0.240. The second-order valence-electron chi connectivity index (χ2n) is 8.05. The van der Waals surface area contributed by atoms with E-state index in [1.807, 2.05) is 48.5 Å². The van der Waals surface area contributed by atoms with Crippen molar-refractivity contribution in [2.24, 2.45) is 5.73 Å². The minimum Gasteiger partial charge on any atom is -0.440 e. The molecule has 2 aromatic carbocycles. The summed E-state index contributed by atoms with van der Waals surface area (Å²) in [5.74, 6) is 0.630. The van der Waals surface area contributed by atoms with E-state index in [1.54, 1.807) is 0 Å². The zero-order valence-electron chi connectivity index (χ0n) is 17.4. The lowest BCUT2D eigenvalue weighted by atomic mass is 9.80. The van der Waals surface area contributed by atoms with Gasteiger partial charge >= 0.3 is 0 Å². The van der Waals surface area contributed by atoms with Gasteiger partial charge in [0.1, 0.15) is 17.4 Å². The molecule has 4 nitrogen and oxygen atoms in total. The van der Waals surface area contributed by atoms with Crippen molar-refractivity contribution in [3.8, 4) is 6.07 Å². The second-order valence-corrected chi connectivity index (χ2v) is 8.92. The molecule has 0 saturated carbocycles. The Balaban J connectivity index is 1.88. The van der Waals surface area contributed by atoms with E-state index < -0.39 is 0 Å². The first-order chi connectivity index (χ1) is 14.9. The highest BCUT2D eigenvalue weighted by Gasteiger charge is 2.38. The van der Waals surface area contributed by atoms with Gasteiger partial charge in [-0.2, -0.15) is 5.26 Å². The van der Waals surface area contributed by atoms with Gasteiger partial charge in [-0.3, -0.25) is 4.90 Å². The second kappa shape index (κ2) is 8.80. The smallest absolute Gasteiger partial charge is 0.205 e. The van der Waals surface area contributed by atoms with Crippen molar-refractivity contribution in [1.82, 2.24) is 4.90 Å². The van der Waals surface area contributed by atoms with Crippen LogP contribution in [0.25, 0.3) is 6.08 Å². The summed E-state index contributed by atoms with van der Waals surface area (Å²) in [6.45, 7) is 5.75. The van der Waals surface area contributed by atoms with Gasteiger partial charge in [0.2, 0.25) is 5.88 Å². The number of nitrogens with zero attached hydrogens (tertiary/aromatic N) is 2. The Kier molecular flexibility index (Phi) is 6.11. The van der Waals surface area contributed by atoms with Gasteiger partial charge in [-0.15, -0.1) is 0 Å². The number of hydrogen-bond acceptors (Lipinski definition) is 4. The quantitative estimate of drug-likeness (QED) is 0.634. The Labute approximate surface area is 192 Å². The minimum atomic E-state index is -0.277. The molecule has 0 fully saturated rings. The van der Waals surface area contributed by atoms with Crippen LogP contribution in [0.5, 0.6) is 0 Å². The van der Waals surface area contributed by atoms with Gasteiger partial charge in [0.25, 0.3) is 0 Å². The number of rotatable bonds is 3. The van der Waals surface area contributed by atoms with Crippen molar-refractivity contribution in [1.29, 1.82) is 5.26 Å². The molecule has 4 rings (SSSR count). The number of allylic oxidation sites excluding steroid dienone is 1. The molecule has 2 aromatic rings. The van der Waals surface area contributed by atoms with E-state index >= 15 is 0 Å². The van der Waals surface area contributed by atoms with E-state index in [0.717, 1.165) is 34.6 Å². The third-order valence-electron chi connectivity index (χ3n) is 5.71. The molecule has 2 N–H and O–H groups in total. The fourth-order valence-electron chi connectivity index (χ4n) is 4.06. The first kappa shape index (κ1) is 21.5. The average Bonchev–Trinajstić information content (AvgIpc) is 2.75. The number of nitriles is 1. The molecular formula is C25H23Cl2N3O. The van der Waals surface area contributed by atoms with E-state index in [0.29, 0.717) is 28.2 Å². The lowest BCUT2D eigenvalue weighted by Crippen LogP contribution is -2.41. The van der Waals surface area contributed by atoms with Crippen LogP contribution in [0.1, 0.15) is 30.9 Å². The molecule has 158 valence electrons. The van der Waals surface area contributed by atoms with Gasteiger partial charge in [0, 0.05) is 34.7 Å². The molecule has 2 aliphatic rings. The number of halogens is 2. The zero-order valence-corrected chi connectivity index (χ0v) is 18.9. The molecule has 1 atom stereocenters. The summed E-state index contributed by atoms with van der Waals surface area (Å²) >= 11 is 12.2. The Hall–Kier alpha value is -2.71. The minimum absolute atomic E-state index is 0.154. The molecule has 0 spiro atoms. The van der Waals surface area contributed by atoms with Crippen molar-refractivity contribution >= 4 is 29.3 Å². The molecule has 0 aliphatic carbocycles. The Bertz CT molecular complexity index is 1120. The molecule has 0 amide bonds. The van der Waals surface area contributed by atoms with E-state index in [9.17, 15) is 5.26 Å². The zero-order chi connectivity index (χ0) is 22.1. The predicted molar refractivity (Wildman–Crippen MR) is 125 cm³/mol. The highest BCUT2D eigenvalue weighted by atomic mass is 35.5. The van der Waals surface area contributed by atoms with Gasteiger partial charge in [0.05, 0.1) is 5.92 Å². The van der Waals surface area contributed by atoms with Crippen molar-refractivity contribution in [2.75, 3.05) is 13.1 Å². The summed E-state index contributed by atoms with van der Waals surface area (Å²) in [7, 11) is 0. The van der Waals surface area contributed by atoms with Crippen LogP contribution in [0, 0.1) is 11.3 Å². The topological polar surface area (TPSA) is 62.3 Å². The van der Waals surface area contributed by atoms with Crippen LogP contribution in [0.4, 0.5) is 0 Å². The van der Waals surface area contributed by atoms with Crippen molar-refractivity contribution in [3.05, 3.63) is 98.1 Å². The molecule has 0 saturated heterocycles. The molecule has 0 unspecified atom stereocenters. The monoisotopic (exact) mass is 451 g/mol. The van der Waals surface area contributed by atoms with E-state index in [1.165, 1.54) is 0 Å². The molecule has 0 radical (unpaired) electrons. The van der Waals surface area contributed by atoms with Crippen LogP contribution in [0.3, 0.4) is 0 Å². The Morgan fingerprint density at radius 1 is 1.06 bits per heavy atom. The number of benzene rings is 2. The highest BCUT2D eigenvalue weighted by Crippen LogP contribution is 2.44. The van der Waals surface area contributed by atoms with Crippen LogP contribution in [0.2, 0.25) is 10.0 Å². The Morgan fingerprint density at radius 3 is 2.26 bits per heavy atom. The van der Waals surface area contributed by atoms with Gasteiger partial charge in [-0.1, -0.05) is 47.5 Å². The van der Waals surface area contributed by atoms with E-state index in [-0.39, 0.29) is 11.8 Å². The van der Waals surface area contributed by atoms with Gasteiger partial charge in [0.15, 0.2) is 0 Å². The summed E-state index contributed by atoms with van der Waals surface area (Å²) in [6.07, 6.45) is 2.10. The number of ether oxygens (including phenoxy) is 1. The number of nitrogens with two attached hydrogens (primary N) is 1. The highest BCUT2D eigenvalue weighted by molar-refractivity contribution is 6.30. The maximum absolute atomic E-state index is 9.88. The maximum Gasteiger partial charge on any atom is 0.205 e. The summed E-state index contributed by atoms with van der Waals surface area (Å²) in [5.41, 5.74) is 10.7. The Morgan fingerprint density at radius 2 is 1.68 bits per heavy atom. The van der Waals surface area contributed by atoms with E-state index in [4.69, 9.17) is 33.7 Å². The summed E-state index contributed by atoms with van der Waals surface area (Å²) < 4.78 is 6.07. The average molecular weight is 452 g/mol. The van der Waals surface area contributed by atoms with Crippen LogP contribution in [0.15, 0.2) is 76.9 Å². The van der Waals surface area contributed by atoms with Gasteiger partial charge in [-0.25, -0.2) is 0 Å². The molecule has 0 aromatic heterocycles. The normalized spacial score (nSPS) is 20.6. The standard InChI is InChI=1S/C25H23Cl2N3O/c1-15(2)30-13-18(11-16-3-7-19(26)8-4-16)24-22(14-30)23(21(12-28)25(29)31-24)17-5-9-20(27)10-6-17/h3-11,15,23H,13-14,29H2,1-2H3/b18-11+/t23-/m0/s1. The van der Waals surface area contributed by atoms with Crippen LogP contribution in [-0.2, 0) is 4.74 Å². The third-order valence-corrected chi connectivity index (χ3v) is 6.21. The van der Waals surface area contributed by atoms with Crippen LogP contribution >= 0.6 is 23.2 Å². The lowest BCUT2D eigenvalue weighted by molar-refractivity contribution is 0.208. The summed E-state index contributed by atoms with van der Waals surface area (Å²) in [5, 5.41) is 11.2. The van der Waals surface area contributed by atoms with Gasteiger partial charge in [-0.05, 0) is 60.9 Å². The first-order valence-electron chi connectivity index (χ1n) is 10.1.